The molecule has 0 aliphatic carbocycles. The van der Waals surface area contributed by atoms with E-state index >= 15 is 0 Å². The van der Waals surface area contributed by atoms with Gasteiger partial charge in [0.05, 0.1) is 17.1 Å². The smallest absolute Gasteiger partial charge is 0.267 e. The van der Waals surface area contributed by atoms with E-state index in [1.165, 1.54) is 28.9 Å². The zero-order chi connectivity index (χ0) is 21.1. The minimum absolute atomic E-state index is 0.0559. The van der Waals surface area contributed by atoms with Crippen LogP contribution in [0.5, 0.6) is 0 Å². The molecule has 0 fully saturated rings. The van der Waals surface area contributed by atoms with Crippen LogP contribution in [0.4, 0.5) is 10.1 Å². The molecular weight excluding hydrogens is 389 g/mol. The average Bonchev–Trinajstić information content (AvgIpc) is 3.18. The molecule has 9 nitrogen and oxygen atoms in total. The molecule has 0 bridgehead atoms. The van der Waals surface area contributed by atoms with Crippen LogP contribution in [0.1, 0.15) is 5.82 Å². The number of tetrazole rings is 1. The van der Waals surface area contributed by atoms with Crippen LogP contribution in [0, 0.1) is 12.7 Å². The topological polar surface area (TPSA) is 108 Å². The van der Waals surface area contributed by atoms with Crippen molar-refractivity contribution in [2.24, 2.45) is 0 Å². The summed E-state index contributed by atoms with van der Waals surface area (Å²) in [5.41, 5.74) is 1.34. The molecule has 30 heavy (non-hydrogen) atoms. The Morgan fingerprint density at radius 1 is 1.10 bits per heavy atom. The maximum atomic E-state index is 14.2. The molecule has 2 heterocycles. The number of nitrogens with zero attached hydrogens (tertiary/aromatic N) is 6. The van der Waals surface area contributed by atoms with Crippen LogP contribution >= 0.6 is 0 Å². The summed E-state index contributed by atoms with van der Waals surface area (Å²) in [5.74, 6) is -0.720. The summed E-state index contributed by atoms with van der Waals surface area (Å²) in [6.45, 7) is 1.33. The van der Waals surface area contributed by atoms with E-state index in [2.05, 4.69) is 25.9 Å². The van der Waals surface area contributed by atoms with Gasteiger partial charge in [-0.15, -0.1) is 5.10 Å². The van der Waals surface area contributed by atoms with Crippen molar-refractivity contribution in [2.45, 2.75) is 13.5 Å². The standard InChI is InChI=1S/C20H16FN7O2/c1-13-23-25-26-28(13)15-7-8-16(21)18(11-15)22-19(29)12-27-20(30)10-9-17(24-27)14-5-3-2-4-6-14/h2-11H,12H2,1H3,(H,22,29). The number of amides is 1. The van der Waals surface area contributed by atoms with Gasteiger partial charge < -0.3 is 5.32 Å². The lowest BCUT2D eigenvalue weighted by Crippen LogP contribution is -2.29. The van der Waals surface area contributed by atoms with Gasteiger partial charge in [-0.05, 0) is 41.6 Å². The molecule has 150 valence electrons. The third-order valence-corrected chi connectivity index (χ3v) is 4.32. The van der Waals surface area contributed by atoms with E-state index in [-0.39, 0.29) is 12.2 Å². The molecule has 0 saturated heterocycles. The summed E-state index contributed by atoms with van der Waals surface area (Å²) in [4.78, 5) is 24.6. The monoisotopic (exact) mass is 405 g/mol. The molecule has 4 aromatic rings. The first-order valence-electron chi connectivity index (χ1n) is 8.99. The number of benzene rings is 2. The molecule has 0 saturated carbocycles. The first-order chi connectivity index (χ1) is 14.5. The van der Waals surface area contributed by atoms with Gasteiger partial charge in [0.2, 0.25) is 5.91 Å². The summed E-state index contributed by atoms with van der Waals surface area (Å²) < 4.78 is 16.7. The second-order valence-electron chi connectivity index (χ2n) is 6.43. The predicted octanol–water partition coefficient (Wildman–Crippen LogP) is 1.97. The molecule has 0 aliphatic heterocycles. The largest absolute Gasteiger partial charge is 0.322 e. The number of carbonyl (C=O) groups excluding carboxylic acids is 1. The fraction of sp³-hybridized carbons (Fsp3) is 0.100. The van der Waals surface area contributed by atoms with E-state index in [4.69, 9.17) is 0 Å². The van der Waals surface area contributed by atoms with Crippen LogP contribution in [-0.2, 0) is 11.3 Å². The minimum atomic E-state index is -0.629. The number of halogens is 1. The van der Waals surface area contributed by atoms with Crippen LogP contribution in [0.15, 0.2) is 65.5 Å². The number of hydrogen-bond acceptors (Lipinski definition) is 6. The SMILES string of the molecule is Cc1nnnn1-c1ccc(F)c(NC(=O)Cn2nc(-c3ccccc3)ccc2=O)c1. The first kappa shape index (κ1) is 19.1. The quantitative estimate of drug-likeness (QED) is 0.544. The van der Waals surface area contributed by atoms with Crippen LogP contribution in [-0.4, -0.2) is 35.9 Å². The minimum Gasteiger partial charge on any atom is -0.322 e. The van der Waals surface area contributed by atoms with E-state index < -0.39 is 17.3 Å². The van der Waals surface area contributed by atoms with Crippen LogP contribution < -0.4 is 10.9 Å². The van der Waals surface area contributed by atoms with E-state index in [1.54, 1.807) is 13.0 Å². The zero-order valence-electron chi connectivity index (χ0n) is 15.9. The third kappa shape index (κ3) is 3.97. The van der Waals surface area contributed by atoms with Gasteiger partial charge >= 0.3 is 0 Å². The number of rotatable bonds is 5. The van der Waals surface area contributed by atoms with Crippen LogP contribution in [0.25, 0.3) is 16.9 Å². The lowest BCUT2D eigenvalue weighted by Gasteiger charge is -2.10. The van der Waals surface area contributed by atoms with Crippen molar-refractivity contribution in [2.75, 3.05) is 5.32 Å². The molecule has 0 atom stereocenters. The first-order valence-corrected chi connectivity index (χ1v) is 8.99. The summed E-state index contributed by atoms with van der Waals surface area (Å²) in [7, 11) is 0. The van der Waals surface area contributed by atoms with Crippen molar-refractivity contribution in [3.05, 3.63) is 82.7 Å². The highest BCUT2D eigenvalue weighted by atomic mass is 19.1. The van der Waals surface area contributed by atoms with E-state index in [0.29, 0.717) is 17.2 Å². The summed E-state index contributed by atoms with van der Waals surface area (Å²) in [5, 5.41) is 17.9. The zero-order valence-corrected chi connectivity index (χ0v) is 15.9. The highest BCUT2D eigenvalue weighted by Gasteiger charge is 2.13. The predicted molar refractivity (Wildman–Crippen MR) is 106 cm³/mol. The van der Waals surface area contributed by atoms with Crippen molar-refractivity contribution >= 4 is 11.6 Å². The van der Waals surface area contributed by atoms with Gasteiger partial charge in [-0.1, -0.05) is 30.3 Å². The Hall–Kier alpha value is -4.21. The van der Waals surface area contributed by atoms with E-state index in [9.17, 15) is 14.0 Å². The maximum absolute atomic E-state index is 14.2. The Morgan fingerprint density at radius 2 is 1.90 bits per heavy atom. The molecule has 10 heteroatoms. The molecule has 2 aromatic heterocycles. The highest BCUT2D eigenvalue weighted by molar-refractivity contribution is 5.91. The van der Waals surface area contributed by atoms with Gasteiger partial charge in [0.25, 0.3) is 5.56 Å². The van der Waals surface area contributed by atoms with Crippen molar-refractivity contribution in [3.63, 3.8) is 0 Å². The second kappa shape index (κ2) is 8.03. The Kier molecular flexibility index (Phi) is 5.12. The molecule has 0 radical (unpaired) electrons. The number of aryl methyl sites for hydroxylation is 1. The van der Waals surface area contributed by atoms with Crippen molar-refractivity contribution in [1.82, 2.24) is 30.0 Å². The Bertz CT molecular complexity index is 1270. The van der Waals surface area contributed by atoms with Crippen molar-refractivity contribution in [1.29, 1.82) is 0 Å². The number of aromatic nitrogens is 6. The third-order valence-electron chi connectivity index (χ3n) is 4.32. The molecular formula is C20H16FN7O2. The second-order valence-corrected chi connectivity index (χ2v) is 6.43. The molecule has 4 rings (SSSR count). The van der Waals surface area contributed by atoms with Crippen molar-refractivity contribution in [3.8, 4) is 16.9 Å². The lowest BCUT2D eigenvalue weighted by molar-refractivity contribution is -0.117. The van der Waals surface area contributed by atoms with Crippen LogP contribution in [0.3, 0.4) is 0 Å². The van der Waals surface area contributed by atoms with Gasteiger partial charge in [0.15, 0.2) is 5.82 Å². The van der Waals surface area contributed by atoms with Crippen LogP contribution in [0.2, 0.25) is 0 Å². The highest BCUT2D eigenvalue weighted by Crippen LogP contribution is 2.19. The fourth-order valence-electron chi connectivity index (χ4n) is 2.86. The van der Waals surface area contributed by atoms with Gasteiger partial charge in [-0.2, -0.15) is 9.78 Å². The number of hydrogen-bond donors (Lipinski definition) is 1. The van der Waals surface area contributed by atoms with Gasteiger partial charge in [-0.25, -0.2) is 9.07 Å². The molecule has 1 amide bonds. The van der Waals surface area contributed by atoms with Gasteiger partial charge in [0, 0.05) is 11.6 Å². The van der Waals surface area contributed by atoms with E-state index in [0.717, 1.165) is 10.2 Å². The number of nitrogens with one attached hydrogen (secondary N) is 1. The van der Waals surface area contributed by atoms with Gasteiger partial charge in [-0.3, -0.25) is 9.59 Å². The Morgan fingerprint density at radius 3 is 2.63 bits per heavy atom. The summed E-state index contributed by atoms with van der Waals surface area (Å²) >= 11 is 0. The summed E-state index contributed by atoms with van der Waals surface area (Å²) in [6, 6.07) is 16.3. The number of anilines is 1. The number of carbonyl (C=O) groups is 1. The maximum Gasteiger partial charge on any atom is 0.267 e. The Balaban J connectivity index is 1.56. The molecule has 1 N–H and O–H groups in total. The molecule has 0 unspecified atom stereocenters. The Labute approximate surface area is 169 Å². The molecule has 0 spiro atoms. The average molecular weight is 405 g/mol. The molecule has 2 aromatic carbocycles. The lowest BCUT2D eigenvalue weighted by atomic mass is 10.1. The summed E-state index contributed by atoms with van der Waals surface area (Å²) in [6.07, 6.45) is 0. The van der Waals surface area contributed by atoms with E-state index in [1.807, 2.05) is 30.3 Å². The fourth-order valence-corrected chi connectivity index (χ4v) is 2.86. The normalized spacial score (nSPS) is 10.7. The van der Waals surface area contributed by atoms with Crippen molar-refractivity contribution < 1.29 is 9.18 Å². The molecule has 0 aliphatic rings. The van der Waals surface area contributed by atoms with Gasteiger partial charge in [0.1, 0.15) is 12.4 Å².